The molecule has 2 saturated carbocycles. The minimum Gasteiger partial charge on any atom is -0.442 e. The molecule has 264 valence electrons. The number of aliphatic hydroxyl groups is 2. The lowest BCUT2D eigenvalue weighted by Gasteiger charge is -2.64. The Balaban J connectivity index is 1.27. The fourth-order valence-corrected chi connectivity index (χ4v) is 12.8. The average molecular weight is 677 g/mol. The summed E-state index contributed by atoms with van der Waals surface area (Å²) in [5.74, 6) is 1.74. The predicted octanol–water partition coefficient (Wildman–Crippen LogP) is 8.61. The average Bonchev–Trinajstić information content (AvgIpc) is 3.79. The normalized spacial score (nSPS) is 38.9. The lowest BCUT2D eigenvalue weighted by molar-refractivity contribution is -0.144. The van der Waals surface area contributed by atoms with Crippen LogP contribution in [-0.4, -0.2) is 42.9 Å². The van der Waals surface area contributed by atoms with Gasteiger partial charge in [0.15, 0.2) is 5.78 Å². The lowest BCUT2D eigenvalue weighted by Crippen LogP contribution is -2.62. The molecule has 4 aliphatic carbocycles. The summed E-state index contributed by atoms with van der Waals surface area (Å²) in [7, 11) is 0. The smallest absolute Gasteiger partial charge is 0.218 e. The number of oxazole rings is 1. The van der Waals surface area contributed by atoms with Gasteiger partial charge in [-0.15, -0.1) is 0 Å². The number of ether oxygens (including phenoxy) is 1. The highest BCUT2D eigenvalue weighted by molar-refractivity contribution is 6.18. The van der Waals surface area contributed by atoms with Gasteiger partial charge >= 0.3 is 0 Å². The molecule has 7 heteroatoms. The minimum atomic E-state index is -0.840. The third-order valence-corrected chi connectivity index (χ3v) is 14.8. The number of carbonyl (C=O) groups excluding carboxylic acids is 1. The van der Waals surface area contributed by atoms with E-state index >= 15 is 0 Å². The van der Waals surface area contributed by atoms with Crippen LogP contribution in [0, 0.1) is 35.5 Å². The molecular formula is C43H52N2O5. The molecule has 0 saturated heterocycles. The Morgan fingerprint density at radius 3 is 2.52 bits per heavy atom. The number of hydrogen-bond acceptors (Lipinski definition) is 6. The summed E-state index contributed by atoms with van der Waals surface area (Å²) in [4.78, 5) is 19.3. The van der Waals surface area contributed by atoms with Gasteiger partial charge in [0.2, 0.25) is 5.89 Å². The Labute approximate surface area is 295 Å². The van der Waals surface area contributed by atoms with Gasteiger partial charge in [-0.1, -0.05) is 39.0 Å². The van der Waals surface area contributed by atoms with E-state index in [0.717, 1.165) is 64.6 Å². The molecule has 0 bridgehead atoms. The first-order valence-electron chi connectivity index (χ1n) is 18.7. The summed E-state index contributed by atoms with van der Waals surface area (Å²) in [6.45, 7) is 23.7. The van der Waals surface area contributed by atoms with Crippen LogP contribution in [0.1, 0.15) is 138 Å². The van der Waals surface area contributed by atoms with Crippen molar-refractivity contribution in [3.63, 3.8) is 0 Å². The van der Waals surface area contributed by atoms with Gasteiger partial charge < -0.3 is 23.9 Å². The number of aliphatic hydroxyl groups excluding tert-OH is 2. The predicted molar refractivity (Wildman–Crippen MR) is 195 cm³/mol. The van der Waals surface area contributed by atoms with Crippen molar-refractivity contribution >= 4 is 28.3 Å². The largest absolute Gasteiger partial charge is 0.442 e. The van der Waals surface area contributed by atoms with Crippen LogP contribution in [0.5, 0.6) is 0 Å². The van der Waals surface area contributed by atoms with Crippen LogP contribution in [0.3, 0.4) is 0 Å². The molecule has 0 radical (unpaired) electrons. The van der Waals surface area contributed by atoms with Gasteiger partial charge in [0.1, 0.15) is 11.8 Å². The summed E-state index contributed by atoms with van der Waals surface area (Å²) in [6, 6.07) is 1.81. The molecule has 0 spiro atoms. The quantitative estimate of drug-likeness (QED) is 0.270. The van der Waals surface area contributed by atoms with E-state index in [0.29, 0.717) is 23.8 Å². The lowest BCUT2D eigenvalue weighted by atomic mass is 9.40. The van der Waals surface area contributed by atoms with Crippen LogP contribution < -0.4 is 0 Å². The number of aryl methyl sites for hydroxylation is 1. The van der Waals surface area contributed by atoms with Crippen molar-refractivity contribution < 1.29 is 24.2 Å². The van der Waals surface area contributed by atoms with Crippen LogP contribution in [0.15, 0.2) is 41.0 Å². The SMILES string of the molecule is C=C(C)[C@H]1C(=O)c2c3c(cc4c5c(n1c24)[C@@]1(C)[C@@H](CC[C@H]2[C@](C)(/C=C/c4ncc(C)o4)[C@@H](O)CC[C@@]21C)C5)C1=CC(C)(C)OC(C)(C)[C@H]1[C@@H]3O. The Morgan fingerprint density at radius 2 is 1.84 bits per heavy atom. The first-order valence-corrected chi connectivity index (χ1v) is 18.7. The van der Waals surface area contributed by atoms with Gasteiger partial charge in [0.25, 0.3) is 0 Å². The highest BCUT2D eigenvalue weighted by atomic mass is 16.5. The number of fused-ring (bicyclic) bond motifs is 11. The molecule has 9 atom stereocenters. The van der Waals surface area contributed by atoms with Crippen molar-refractivity contribution in [1.29, 1.82) is 0 Å². The van der Waals surface area contributed by atoms with Crippen molar-refractivity contribution in [2.75, 3.05) is 0 Å². The molecule has 9 rings (SSSR count). The zero-order valence-electron chi connectivity index (χ0n) is 31.1. The van der Waals surface area contributed by atoms with Crippen LogP contribution in [-0.2, 0) is 16.6 Å². The number of allylic oxidation sites excluding steroid dienone is 1. The van der Waals surface area contributed by atoms with Crippen LogP contribution in [0.4, 0.5) is 0 Å². The van der Waals surface area contributed by atoms with Gasteiger partial charge in [0, 0.05) is 33.4 Å². The van der Waals surface area contributed by atoms with E-state index in [9.17, 15) is 15.0 Å². The van der Waals surface area contributed by atoms with Crippen molar-refractivity contribution in [3.8, 4) is 0 Å². The van der Waals surface area contributed by atoms with Crippen molar-refractivity contribution in [1.82, 2.24) is 9.55 Å². The second kappa shape index (κ2) is 9.78. The molecule has 6 aliphatic rings. The number of ketones is 1. The van der Waals surface area contributed by atoms with E-state index in [1.165, 1.54) is 11.3 Å². The summed E-state index contributed by atoms with van der Waals surface area (Å²) in [5.41, 5.74) is 6.00. The topological polar surface area (TPSA) is 97.7 Å². The molecule has 0 unspecified atom stereocenters. The highest BCUT2D eigenvalue weighted by Crippen LogP contribution is 2.71. The van der Waals surface area contributed by atoms with Crippen LogP contribution >= 0.6 is 0 Å². The summed E-state index contributed by atoms with van der Waals surface area (Å²) < 4.78 is 14.7. The monoisotopic (exact) mass is 676 g/mol. The summed E-state index contributed by atoms with van der Waals surface area (Å²) in [5, 5.41) is 25.1. The number of carbonyl (C=O) groups is 1. The van der Waals surface area contributed by atoms with Crippen LogP contribution in [0.2, 0.25) is 0 Å². The first-order chi connectivity index (χ1) is 23.4. The number of Topliss-reactive ketones (excluding diaryl/α,β-unsaturated/α-hetero) is 1. The Kier molecular flexibility index (Phi) is 6.39. The number of hydrogen-bond donors (Lipinski definition) is 2. The Morgan fingerprint density at radius 1 is 1.10 bits per heavy atom. The van der Waals surface area contributed by atoms with E-state index in [4.69, 9.17) is 9.15 Å². The van der Waals surface area contributed by atoms with E-state index < -0.39 is 34.9 Å². The van der Waals surface area contributed by atoms with Gasteiger partial charge in [0.05, 0.1) is 40.7 Å². The second-order valence-corrected chi connectivity index (χ2v) is 18.5. The fraction of sp³-hybridized carbons (Fsp3) is 0.581. The summed E-state index contributed by atoms with van der Waals surface area (Å²) in [6.07, 6.45) is 11.4. The third-order valence-electron chi connectivity index (χ3n) is 14.8. The maximum Gasteiger partial charge on any atom is 0.218 e. The van der Waals surface area contributed by atoms with E-state index in [-0.39, 0.29) is 28.4 Å². The van der Waals surface area contributed by atoms with Crippen LogP contribution in [0.25, 0.3) is 22.6 Å². The Bertz CT molecular complexity index is 2110. The summed E-state index contributed by atoms with van der Waals surface area (Å²) >= 11 is 0. The maximum atomic E-state index is 14.9. The molecular weight excluding hydrogens is 624 g/mol. The van der Waals surface area contributed by atoms with Gasteiger partial charge in [-0.25, -0.2) is 4.98 Å². The number of rotatable bonds is 3. The molecule has 1 aromatic carbocycles. The van der Waals surface area contributed by atoms with E-state index in [1.807, 2.05) is 19.9 Å². The minimum absolute atomic E-state index is 0.0473. The molecule has 7 nitrogen and oxygen atoms in total. The maximum absolute atomic E-state index is 14.9. The van der Waals surface area contributed by atoms with Gasteiger partial charge in [-0.2, -0.15) is 0 Å². The fourth-order valence-electron chi connectivity index (χ4n) is 12.8. The van der Waals surface area contributed by atoms with Crippen molar-refractivity contribution in [2.45, 2.75) is 129 Å². The first kappa shape index (κ1) is 32.6. The third kappa shape index (κ3) is 3.77. The van der Waals surface area contributed by atoms with Gasteiger partial charge in [-0.3, -0.25) is 4.79 Å². The molecule has 4 heterocycles. The Hall–Kier alpha value is -3.26. The molecule has 2 N–H and O–H groups in total. The number of benzene rings is 1. The van der Waals surface area contributed by atoms with Crippen molar-refractivity contribution in [2.24, 2.45) is 28.6 Å². The van der Waals surface area contributed by atoms with E-state index in [2.05, 4.69) is 82.8 Å². The van der Waals surface area contributed by atoms with Crippen molar-refractivity contribution in [3.05, 3.63) is 76.2 Å². The molecule has 3 aromatic rings. The number of aromatic nitrogens is 2. The zero-order valence-corrected chi connectivity index (χ0v) is 31.1. The standard InChI is InChI=1S/C43H52N2O5/c1-21(2)34-37(48)32-31-24(27-19-39(4,5)50-40(6,7)33(27)36(31)47)18-25-26-17-23-11-12-28-41(8,15-14-30-44-20-22(3)49-30)29(46)13-16-42(28,9)43(23,10)38(26)45(34)35(25)32/h14-15,18-20,23,28-29,33-34,36,46-47H,1,11-13,16-17H2,2-10H3/b15-14+/t23-,28-,29-,33+,34-,36+,41-,42-,43+/m0/s1. The molecule has 2 aliphatic heterocycles. The number of nitrogens with zero attached hydrogens (tertiary/aromatic N) is 2. The molecule has 50 heavy (non-hydrogen) atoms. The zero-order chi connectivity index (χ0) is 35.7. The molecule has 0 amide bonds. The second-order valence-electron chi connectivity index (χ2n) is 18.5. The molecule has 2 aromatic heterocycles. The van der Waals surface area contributed by atoms with Gasteiger partial charge in [-0.05, 0) is 126 Å². The molecule has 2 fully saturated rings. The highest BCUT2D eigenvalue weighted by Gasteiger charge is 2.68. The van der Waals surface area contributed by atoms with E-state index in [1.54, 1.807) is 6.20 Å².